The van der Waals surface area contributed by atoms with E-state index in [9.17, 15) is 18.0 Å². The van der Waals surface area contributed by atoms with Gasteiger partial charge < -0.3 is 15.8 Å². The van der Waals surface area contributed by atoms with Crippen molar-refractivity contribution in [3.8, 4) is 0 Å². The summed E-state index contributed by atoms with van der Waals surface area (Å²) in [6, 6.07) is 9.44. The Balaban J connectivity index is 1.87. The van der Waals surface area contributed by atoms with Crippen molar-refractivity contribution in [2.24, 2.45) is 10.9 Å². The standard InChI is InChI=1S/C25H29Cl2N5O6S/c1-39(36,37)31-19-8-4-5-9-20(19)32-23(17-11-10-14(26)12-18(17)27)22(24(33)30-38-13-21(28)29-35)15-6-2-3-7-16(15)25(32)34/h2-3,6-7,10-12,19-20,22-23,31,35H,4-5,8-9,13H2,1H3,(H2,28,29)(H,30,33). The molecule has 1 saturated carbocycles. The molecule has 0 radical (unpaired) electrons. The van der Waals surface area contributed by atoms with E-state index in [1.165, 1.54) is 6.07 Å². The van der Waals surface area contributed by atoms with Crippen molar-refractivity contribution in [3.05, 3.63) is 69.2 Å². The maximum atomic E-state index is 14.2. The van der Waals surface area contributed by atoms with Gasteiger partial charge in [-0.05, 0) is 42.2 Å². The zero-order valence-electron chi connectivity index (χ0n) is 21.0. The Hall–Kier alpha value is -2.90. The number of amides is 2. The van der Waals surface area contributed by atoms with Crippen molar-refractivity contribution in [3.63, 3.8) is 0 Å². The second-order valence-corrected chi connectivity index (χ2v) is 12.2. The van der Waals surface area contributed by atoms with E-state index in [1.54, 1.807) is 41.3 Å². The highest BCUT2D eigenvalue weighted by atomic mass is 35.5. The summed E-state index contributed by atoms with van der Waals surface area (Å²) in [5.74, 6) is -2.23. The highest BCUT2D eigenvalue weighted by Crippen LogP contribution is 2.47. The van der Waals surface area contributed by atoms with E-state index >= 15 is 0 Å². The summed E-state index contributed by atoms with van der Waals surface area (Å²) in [5, 5.41) is 12.2. The molecule has 1 aliphatic carbocycles. The van der Waals surface area contributed by atoms with Crippen molar-refractivity contribution in [1.82, 2.24) is 15.1 Å². The number of nitrogens with two attached hydrogens (primary N) is 1. The lowest BCUT2D eigenvalue weighted by molar-refractivity contribution is -0.136. The van der Waals surface area contributed by atoms with E-state index in [0.29, 0.717) is 34.6 Å². The topological polar surface area (TPSA) is 163 Å². The van der Waals surface area contributed by atoms with Crippen LogP contribution in [0.25, 0.3) is 0 Å². The van der Waals surface area contributed by atoms with Gasteiger partial charge in [-0.3, -0.25) is 14.4 Å². The van der Waals surface area contributed by atoms with E-state index in [4.69, 9.17) is 39.0 Å². The molecule has 39 heavy (non-hydrogen) atoms. The molecule has 2 aliphatic rings. The van der Waals surface area contributed by atoms with Crippen LogP contribution in [-0.4, -0.2) is 61.1 Å². The van der Waals surface area contributed by atoms with E-state index in [2.05, 4.69) is 15.4 Å². The summed E-state index contributed by atoms with van der Waals surface area (Å²) < 4.78 is 27.2. The van der Waals surface area contributed by atoms with Crippen molar-refractivity contribution in [2.45, 2.75) is 49.7 Å². The zero-order valence-corrected chi connectivity index (χ0v) is 23.3. The van der Waals surface area contributed by atoms with Gasteiger partial charge in [0.15, 0.2) is 5.84 Å². The Labute approximate surface area is 236 Å². The number of nitrogens with zero attached hydrogens (tertiary/aromatic N) is 2. The van der Waals surface area contributed by atoms with Gasteiger partial charge in [0.2, 0.25) is 10.0 Å². The highest BCUT2D eigenvalue weighted by molar-refractivity contribution is 7.88. The van der Waals surface area contributed by atoms with Crippen LogP contribution in [-0.2, 0) is 19.7 Å². The number of hydrogen-bond acceptors (Lipinski definition) is 7. The Morgan fingerprint density at radius 3 is 2.59 bits per heavy atom. The molecule has 14 heteroatoms. The van der Waals surface area contributed by atoms with E-state index in [1.807, 2.05) is 0 Å². The van der Waals surface area contributed by atoms with Crippen LogP contribution in [0.1, 0.15) is 59.1 Å². The average Bonchev–Trinajstić information content (AvgIpc) is 2.88. The third-order valence-electron chi connectivity index (χ3n) is 6.91. The van der Waals surface area contributed by atoms with Gasteiger partial charge in [0, 0.05) is 27.7 Å². The summed E-state index contributed by atoms with van der Waals surface area (Å²) in [5.41, 5.74) is 9.02. The minimum absolute atomic E-state index is 0.239. The van der Waals surface area contributed by atoms with Crippen molar-refractivity contribution in [1.29, 1.82) is 0 Å². The first-order valence-corrected chi connectivity index (χ1v) is 14.9. The second kappa shape index (κ2) is 12.1. The number of nitrogens with one attached hydrogen (secondary N) is 2. The van der Waals surface area contributed by atoms with Gasteiger partial charge in [-0.1, -0.05) is 65.5 Å². The van der Waals surface area contributed by atoms with Crippen LogP contribution in [0.4, 0.5) is 0 Å². The molecule has 4 atom stereocenters. The minimum Gasteiger partial charge on any atom is -0.409 e. The maximum absolute atomic E-state index is 14.2. The van der Waals surface area contributed by atoms with Crippen LogP contribution < -0.4 is 15.9 Å². The SMILES string of the molecule is CS(=O)(=O)NC1CCCCC1N1C(=O)c2ccccc2C(C(=O)NOCC(N)=NO)C1c1ccc(Cl)cc1Cl. The van der Waals surface area contributed by atoms with Crippen molar-refractivity contribution < 1.29 is 28.1 Å². The molecule has 0 aromatic heterocycles. The summed E-state index contributed by atoms with van der Waals surface area (Å²) in [4.78, 5) is 34.7. The fourth-order valence-corrected chi connectivity index (χ4v) is 6.75. The molecule has 2 aromatic rings. The molecular weight excluding hydrogens is 569 g/mol. The first-order valence-electron chi connectivity index (χ1n) is 12.2. The minimum atomic E-state index is -3.60. The van der Waals surface area contributed by atoms with Gasteiger partial charge in [0.25, 0.3) is 11.8 Å². The summed E-state index contributed by atoms with van der Waals surface area (Å²) in [6.07, 6.45) is 3.65. The van der Waals surface area contributed by atoms with E-state index in [-0.39, 0.29) is 23.4 Å². The molecule has 5 N–H and O–H groups in total. The lowest BCUT2D eigenvalue weighted by Crippen LogP contribution is -2.59. The highest BCUT2D eigenvalue weighted by Gasteiger charge is 2.49. The number of carbonyl (C=O) groups excluding carboxylic acids is 2. The molecule has 2 aromatic carbocycles. The first-order chi connectivity index (χ1) is 18.5. The van der Waals surface area contributed by atoms with Crippen LogP contribution in [0.2, 0.25) is 10.0 Å². The number of amidine groups is 1. The third-order valence-corrected chi connectivity index (χ3v) is 8.21. The summed E-state index contributed by atoms with van der Waals surface area (Å²) in [6.45, 7) is -0.380. The van der Waals surface area contributed by atoms with E-state index in [0.717, 1.165) is 19.1 Å². The fraction of sp³-hybridized carbons (Fsp3) is 0.400. The maximum Gasteiger partial charge on any atom is 0.255 e. The van der Waals surface area contributed by atoms with Gasteiger partial charge in [-0.25, -0.2) is 18.6 Å². The van der Waals surface area contributed by atoms with Crippen LogP contribution in [0.5, 0.6) is 0 Å². The number of carbonyl (C=O) groups is 2. The predicted octanol–water partition coefficient (Wildman–Crippen LogP) is 2.93. The Bertz CT molecular complexity index is 1390. The molecule has 4 rings (SSSR count). The monoisotopic (exact) mass is 597 g/mol. The first kappa shape index (κ1) is 29.1. The molecule has 1 fully saturated rings. The zero-order chi connectivity index (χ0) is 28.3. The van der Waals surface area contributed by atoms with Crippen LogP contribution in [0.15, 0.2) is 47.6 Å². The van der Waals surface area contributed by atoms with Crippen LogP contribution in [0, 0.1) is 0 Å². The molecule has 0 saturated heterocycles. The van der Waals surface area contributed by atoms with Crippen molar-refractivity contribution >= 4 is 50.9 Å². The molecule has 210 valence electrons. The van der Waals surface area contributed by atoms with Crippen LogP contribution in [0.3, 0.4) is 0 Å². The van der Waals surface area contributed by atoms with Crippen LogP contribution >= 0.6 is 23.2 Å². The van der Waals surface area contributed by atoms with Gasteiger partial charge in [-0.2, -0.15) is 0 Å². The number of benzene rings is 2. The van der Waals surface area contributed by atoms with Gasteiger partial charge in [0.1, 0.15) is 6.61 Å². The molecule has 2 amide bonds. The number of oxime groups is 1. The predicted molar refractivity (Wildman–Crippen MR) is 146 cm³/mol. The van der Waals surface area contributed by atoms with Gasteiger partial charge >= 0.3 is 0 Å². The number of hydroxylamine groups is 1. The lowest BCUT2D eigenvalue weighted by atomic mass is 9.76. The Morgan fingerprint density at radius 1 is 1.18 bits per heavy atom. The lowest BCUT2D eigenvalue weighted by Gasteiger charge is -2.49. The third kappa shape index (κ3) is 6.47. The average molecular weight is 599 g/mol. The molecule has 1 heterocycles. The van der Waals surface area contributed by atoms with Gasteiger partial charge in [0.05, 0.1) is 18.2 Å². The molecule has 4 unspecified atom stereocenters. The molecule has 1 aliphatic heterocycles. The van der Waals surface area contributed by atoms with Crippen molar-refractivity contribution in [2.75, 3.05) is 12.9 Å². The largest absolute Gasteiger partial charge is 0.409 e. The molecule has 0 bridgehead atoms. The normalized spacial score (nSPS) is 23.8. The smallest absolute Gasteiger partial charge is 0.255 e. The van der Waals surface area contributed by atoms with E-state index < -0.39 is 40.0 Å². The quantitative estimate of drug-likeness (QED) is 0.157. The number of sulfonamides is 1. The number of rotatable bonds is 8. The van der Waals surface area contributed by atoms with Gasteiger partial charge in [-0.15, -0.1) is 0 Å². The molecular formula is C25H29Cl2N5O6S. The number of halogens is 2. The number of hydrogen-bond donors (Lipinski definition) is 4. The molecule has 0 spiro atoms. The summed E-state index contributed by atoms with van der Waals surface area (Å²) >= 11 is 12.8. The number of fused-ring (bicyclic) bond motifs is 1. The summed E-state index contributed by atoms with van der Waals surface area (Å²) in [7, 11) is -3.60. The molecule has 11 nitrogen and oxygen atoms in total. The second-order valence-electron chi connectivity index (χ2n) is 9.58. The Kier molecular flexibility index (Phi) is 9.02. The Morgan fingerprint density at radius 2 is 1.90 bits per heavy atom. The fourth-order valence-electron chi connectivity index (χ4n) is 5.40.